The van der Waals surface area contributed by atoms with Crippen LogP contribution in [0.2, 0.25) is 0 Å². The number of thiophene rings is 1. The zero-order valence-corrected chi connectivity index (χ0v) is 11.5. The molecule has 18 heavy (non-hydrogen) atoms. The molecular formula is C14H20N2OS. The number of aliphatic hydroxyl groups excluding tert-OH is 1. The average Bonchev–Trinajstić information content (AvgIpc) is 2.96. The summed E-state index contributed by atoms with van der Waals surface area (Å²) in [5.74, 6) is 6.45. The normalized spacial score (nSPS) is 21.6. The molecule has 1 aliphatic heterocycles. The fraction of sp³-hybridized carbons (Fsp3) is 0.571. The lowest BCUT2D eigenvalue weighted by Gasteiger charge is -2.16. The van der Waals surface area contributed by atoms with Gasteiger partial charge in [-0.25, -0.2) is 0 Å². The molecule has 4 heteroatoms. The van der Waals surface area contributed by atoms with Crippen LogP contribution in [0.15, 0.2) is 11.4 Å². The molecule has 98 valence electrons. The van der Waals surface area contributed by atoms with Crippen LogP contribution in [-0.4, -0.2) is 35.7 Å². The minimum Gasteiger partial charge on any atom is -0.393 e. The Morgan fingerprint density at radius 1 is 1.67 bits per heavy atom. The van der Waals surface area contributed by atoms with E-state index in [9.17, 15) is 5.11 Å². The number of hydrogen-bond donors (Lipinski definition) is 2. The van der Waals surface area contributed by atoms with Gasteiger partial charge in [-0.05, 0) is 37.3 Å². The third kappa shape index (κ3) is 3.33. The number of nitrogens with two attached hydrogens (primary N) is 1. The van der Waals surface area contributed by atoms with Crippen molar-refractivity contribution in [2.24, 2.45) is 11.7 Å². The molecule has 0 spiro atoms. The highest BCUT2D eigenvalue weighted by molar-refractivity contribution is 7.10. The van der Waals surface area contributed by atoms with Crippen LogP contribution >= 0.6 is 11.3 Å². The summed E-state index contributed by atoms with van der Waals surface area (Å²) in [5, 5.41) is 11.7. The second-order valence-electron chi connectivity index (χ2n) is 4.79. The Morgan fingerprint density at radius 3 is 3.17 bits per heavy atom. The maximum absolute atomic E-state index is 9.61. The third-order valence-corrected chi connectivity index (χ3v) is 4.33. The number of likely N-dealkylation sites (tertiary alicyclic amines) is 1. The van der Waals surface area contributed by atoms with Gasteiger partial charge in [0.05, 0.1) is 12.6 Å². The van der Waals surface area contributed by atoms with E-state index >= 15 is 0 Å². The highest BCUT2D eigenvalue weighted by Gasteiger charge is 2.26. The van der Waals surface area contributed by atoms with Gasteiger partial charge >= 0.3 is 0 Å². The summed E-state index contributed by atoms with van der Waals surface area (Å²) in [6.07, 6.45) is 0.891. The Bertz CT molecular complexity index is 444. The highest BCUT2D eigenvalue weighted by atomic mass is 32.1. The predicted molar refractivity (Wildman–Crippen MR) is 75.3 cm³/mol. The summed E-state index contributed by atoms with van der Waals surface area (Å²) >= 11 is 1.75. The van der Waals surface area contributed by atoms with Crippen LogP contribution in [0.5, 0.6) is 0 Å². The summed E-state index contributed by atoms with van der Waals surface area (Å²) in [4.78, 5) is 3.71. The molecule has 2 atom stereocenters. The first kappa shape index (κ1) is 13.6. The lowest BCUT2D eigenvalue weighted by atomic mass is 10.0. The second-order valence-corrected chi connectivity index (χ2v) is 5.79. The maximum atomic E-state index is 9.61. The number of aliphatic hydroxyl groups is 1. The zero-order valence-electron chi connectivity index (χ0n) is 10.7. The van der Waals surface area contributed by atoms with E-state index in [0.717, 1.165) is 31.6 Å². The Morgan fingerprint density at radius 2 is 2.50 bits per heavy atom. The van der Waals surface area contributed by atoms with E-state index in [1.54, 1.807) is 11.3 Å². The van der Waals surface area contributed by atoms with Crippen LogP contribution in [0.3, 0.4) is 0 Å². The summed E-state index contributed by atoms with van der Waals surface area (Å²) in [6, 6.07) is 2.06. The van der Waals surface area contributed by atoms with Crippen LogP contribution in [0.25, 0.3) is 0 Å². The fourth-order valence-corrected chi connectivity index (χ4v) is 3.20. The molecule has 0 saturated carbocycles. The molecule has 1 aromatic heterocycles. The molecule has 0 amide bonds. The number of hydrogen-bond acceptors (Lipinski definition) is 4. The van der Waals surface area contributed by atoms with E-state index in [1.807, 2.05) is 6.92 Å². The molecular weight excluding hydrogens is 244 g/mol. The Hall–Kier alpha value is -0.860. The first-order chi connectivity index (χ1) is 8.70. The molecule has 0 bridgehead atoms. The number of nitrogens with zero attached hydrogens (tertiary/aromatic N) is 1. The molecule has 2 rings (SSSR count). The van der Waals surface area contributed by atoms with Crippen LogP contribution in [0.1, 0.15) is 23.8 Å². The van der Waals surface area contributed by atoms with E-state index in [-0.39, 0.29) is 6.10 Å². The first-order valence-corrected chi connectivity index (χ1v) is 7.24. The quantitative estimate of drug-likeness (QED) is 0.808. The molecule has 1 aromatic rings. The molecule has 0 aromatic carbocycles. The minimum absolute atomic E-state index is 0.199. The van der Waals surface area contributed by atoms with Gasteiger partial charge in [0.15, 0.2) is 0 Å². The van der Waals surface area contributed by atoms with Crippen molar-refractivity contribution in [3.05, 3.63) is 21.9 Å². The highest BCUT2D eigenvalue weighted by Crippen LogP contribution is 2.24. The molecule has 3 nitrogen and oxygen atoms in total. The van der Waals surface area contributed by atoms with Crippen molar-refractivity contribution in [1.29, 1.82) is 0 Å². The van der Waals surface area contributed by atoms with Crippen molar-refractivity contribution >= 4 is 11.3 Å². The summed E-state index contributed by atoms with van der Waals surface area (Å²) in [7, 11) is 0. The minimum atomic E-state index is -0.199. The molecule has 0 aliphatic carbocycles. The largest absolute Gasteiger partial charge is 0.393 e. The average molecular weight is 264 g/mol. The molecule has 2 heterocycles. The smallest absolute Gasteiger partial charge is 0.0555 e. The van der Waals surface area contributed by atoms with Gasteiger partial charge in [-0.15, -0.1) is 11.3 Å². The fourth-order valence-electron chi connectivity index (χ4n) is 2.32. The predicted octanol–water partition coefficient (Wildman–Crippen LogP) is 1.26. The Kier molecular flexibility index (Phi) is 4.79. The lowest BCUT2D eigenvalue weighted by Crippen LogP contribution is -2.23. The van der Waals surface area contributed by atoms with E-state index in [0.29, 0.717) is 12.5 Å². The van der Waals surface area contributed by atoms with E-state index in [1.165, 1.54) is 4.88 Å². The first-order valence-electron chi connectivity index (χ1n) is 6.36. The van der Waals surface area contributed by atoms with E-state index < -0.39 is 0 Å². The molecule has 1 fully saturated rings. The standard InChI is InChI=1S/C14H20N2OS/c1-11(17)13-4-7-16(9-13)10-14-12(3-2-6-15)5-8-18-14/h5,8,11,13,17H,4,6-7,9-10,15H2,1H3. The molecule has 0 radical (unpaired) electrons. The molecule has 1 aliphatic rings. The SMILES string of the molecule is CC(O)C1CCN(Cc2sccc2C#CCN)C1. The number of rotatable bonds is 3. The van der Waals surface area contributed by atoms with Gasteiger partial charge in [-0.2, -0.15) is 0 Å². The maximum Gasteiger partial charge on any atom is 0.0555 e. The van der Waals surface area contributed by atoms with Gasteiger partial charge in [0.25, 0.3) is 0 Å². The lowest BCUT2D eigenvalue weighted by molar-refractivity contribution is 0.127. The van der Waals surface area contributed by atoms with E-state index in [4.69, 9.17) is 5.73 Å². The van der Waals surface area contributed by atoms with Gasteiger partial charge in [0, 0.05) is 23.5 Å². The van der Waals surface area contributed by atoms with Crippen molar-refractivity contribution in [2.45, 2.75) is 26.0 Å². The monoisotopic (exact) mass is 264 g/mol. The van der Waals surface area contributed by atoms with E-state index in [2.05, 4.69) is 28.2 Å². The van der Waals surface area contributed by atoms with Crippen molar-refractivity contribution in [2.75, 3.05) is 19.6 Å². The van der Waals surface area contributed by atoms with Gasteiger partial charge in [-0.1, -0.05) is 11.8 Å². The zero-order chi connectivity index (χ0) is 13.0. The summed E-state index contributed by atoms with van der Waals surface area (Å²) in [5.41, 5.74) is 6.50. The van der Waals surface area contributed by atoms with Crippen LogP contribution in [-0.2, 0) is 6.54 Å². The van der Waals surface area contributed by atoms with Crippen LogP contribution in [0.4, 0.5) is 0 Å². The Balaban J connectivity index is 1.96. The molecule has 1 saturated heterocycles. The van der Waals surface area contributed by atoms with Gasteiger partial charge < -0.3 is 10.8 Å². The topological polar surface area (TPSA) is 49.5 Å². The van der Waals surface area contributed by atoms with Crippen molar-refractivity contribution in [3.8, 4) is 11.8 Å². The second kappa shape index (κ2) is 6.35. The summed E-state index contributed by atoms with van der Waals surface area (Å²) < 4.78 is 0. The van der Waals surface area contributed by atoms with Crippen LogP contribution in [0, 0.1) is 17.8 Å². The van der Waals surface area contributed by atoms with Crippen molar-refractivity contribution in [3.63, 3.8) is 0 Å². The van der Waals surface area contributed by atoms with Crippen LogP contribution < -0.4 is 5.73 Å². The summed E-state index contributed by atoms with van der Waals surface area (Å²) in [6.45, 7) is 5.28. The Labute approximate surface area is 113 Å². The molecule has 2 unspecified atom stereocenters. The third-order valence-electron chi connectivity index (χ3n) is 3.43. The van der Waals surface area contributed by atoms with Gasteiger partial charge in [0.1, 0.15) is 0 Å². The van der Waals surface area contributed by atoms with Crippen molar-refractivity contribution < 1.29 is 5.11 Å². The van der Waals surface area contributed by atoms with Gasteiger partial charge in [0.2, 0.25) is 0 Å². The van der Waals surface area contributed by atoms with Gasteiger partial charge in [-0.3, -0.25) is 4.90 Å². The van der Waals surface area contributed by atoms with Crippen molar-refractivity contribution in [1.82, 2.24) is 4.90 Å². The molecule has 3 N–H and O–H groups in total.